The van der Waals surface area contributed by atoms with Crippen LogP contribution < -0.4 is 5.73 Å². The zero-order valence-electron chi connectivity index (χ0n) is 13.5. The molecule has 1 aromatic carbocycles. The summed E-state index contributed by atoms with van der Waals surface area (Å²) in [5.41, 5.74) is 7.34. The summed E-state index contributed by atoms with van der Waals surface area (Å²) in [5, 5.41) is 0. The van der Waals surface area contributed by atoms with Crippen LogP contribution in [0.4, 0.5) is 4.39 Å². The van der Waals surface area contributed by atoms with Gasteiger partial charge in [-0.2, -0.15) is 0 Å². The number of carbonyl (C=O) groups is 2. The van der Waals surface area contributed by atoms with Crippen molar-refractivity contribution in [2.45, 2.75) is 50.4 Å². The quantitative estimate of drug-likeness (QED) is 0.930. The van der Waals surface area contributed by atoms with Gasteiger partial charge in [0.25, 0.3) is 0 Å². The first-order chi connectivity index (χ1) is 10.9. The van der Waals surface area contributed by atoms with Crippen LogP contribution in [0, 0.1) is 5.82 Å². The smallest absolute Gasteiger partial charge is 0.222 e. The predicted octanol–water partition coefficient (Wildman–Crippen LogP) is 2.46. The molecule has 4 nitrogen and oxygen atoms in total. The number of nitrogens with two attached hydrogens (primary N) is 1. The molecule has 124 valence electrons. The molecule has 1 saturated heterocycles. The van der Waals surface area contributed by atoms with Crippen LogP contribution in [0.2, 0.25) is 0 Å². The zero-order chi connectivity index (χ0) is 16.6. The molecule has 0 saturated carbocycles. The van der Waals surface area contributed by atoms with Crippen LogP contribution in [0.3, 0.4) is 0 Å². The van der Waals surface area contributed by atoms with Crippen molar-refractivity contribution in [2.24, 2.45) is 5.73 Å². The fraction of sp³-hybridized carbons (Fsp3) is 0.556. The molecule has 2 N–H and O–H groups in total. The molecule has 2 aliphatic rings. The van der Waals surface area contributed by atoms with E-state index in [0.29, 0.717) is 25.9 Å². The van der Waals surface area contributed by atoms with E-state index in [1.54, 1.807) is 12.1 Å². The Morgan fingerprint density at radius 1 is 1.35 bits per heavy atom. The van der Waals surface area contributed by atoms with Crippen molar-refractivity contribution in [2.75, 3.05) is 13.1 Å². The highest BCUT2D eigenvalue weighted by atomic mass is 19.1. The minimum absolute atomic E-state index is 0.0662. The highest BCUT2D eigenvalue weighted by Gasteiger charge is 2.46. The monoisotopic (exact) mass is 318 g/mol. The Balaban J connectivity index is 1.88. The molecule has 0 aromatic heterocycles. The molecule has 0 bridgehead atoms. The zero-order valence-corrected chi connectivity index (χ0v) is 13.5. The Bertz CT molecular complexity index is 636. The van der Waals surface area contributed by atoms with E-state index in [0.717, 1.165) is 30.4 Å². The number of primary amides is 1. The average Bonchev–Trinajstić information content (AvgIpc) is 2.80. The van der Waals surface area contributed by atoms with E-state index >= 15 is 0 Å². The number of likely N-dealkylation sites (tertiary alicyclic amines) is 1. The van der Waals surface area contributed by atoms with Crippen LogP contribution in [0.25, 0.3) is 0 Å². The number of hydrogen-bond donors (Lipinski definition) is 1. The normalized spacial score (nSPS) is 22.2. The summed E-state index contributed by atoms with van der Waals surface area (Å²) in [6.07, 6.45) is 3.29. The van der Waals surface area contributed by atoms with Crippen LogP contribution in [0.15, 0.2) is 18.2 Å². The first-order valence-electron chi connectivity index (χ1n) is 8.31. The second-order valence-electron chi connectivity index (χ2n) is 6.82. The van der Waals surface area contributed by atoms with Crippen molar-refractivity contribution in [3.8, 4) is 0 Å². The van der Waals surface area contributed by atoms with E-state index in [2.05, 4.69) is 0 Å². The number of hydrogen-bond acceptors (Lipinski definition) is 2. The molecule has 3 rings (SSSR count). The molecule has 1 heterocycles. The lowest BCUT2D eigenvalue weighted by molar-refractivity contribution is -0.132. The van der Waals surface area contributed by atoms with Crippen LogP contribution in [-0.4, -0.2) is 29.8 Å². The third-order valence-electron chi connectivity index (χ3n) is 5.49. The fourth-order valence-corrected chi connectivity index (χ4v) is 4.34. The third kappa shape index (κ3) is 2.84. The van der Waals surface area contributed by atoms with Gasteiger partial charge in [0.15, 0.2) is 0 Å². The fourth-order valence-electron chi connectivity index (χ4n) is 4.34. The summed E-state index contributed by atoms with van der Waals surface area (Å²) in [6.45, 7) is 3.27. The molecule has 1 aliphatic carbocycles. The van der Waals surface area contributed by atoms with E-state index in [4.69, 9.17) is 5.73 Å². The maximum absolute atomic E-state index is 13.8. The molecule has 1 fully saturated rings. The number of rotatable bonds is 3. The number of benzene rings is 1. The summed E-state index contributed by atoms with van der Waals surface area (Å²) < 4.78 is 13.8. The van der Waals surface area contributed by atoms with E-state index < -0.39 is 0 Å². The number of halogens is 1. The minimum Gasteiger partial charge on any atom is -0.370 e. The van der Waals surface area contributed by atoms with Gasteiger partial charge in [-0.05, 0) is 53.9 Å². The first kappa shape index (κ1) is 16.0. The van der Waals surface area contributed by atoms with Crippen LogP contribution in [0.1, 0.15) is 56.1 Å². The molecular weight excluding hydrogens is 295 g/mol. The topological polar surface area (TPSA) is 63.4 Å². The molecule has 1 spiro atoms. The van der Waals surface area contributed by atoms with Crippen LogP contribution >= 0.6 is 0 Å². The molecule has 1 atom stereocenters. The van der Waals surface area contributed by atoms with E-state index in [-0.39, 0.29) is 29.0 Å². The van der Waals surface area contributed by atoms with E-state index in [1.807, 2.05) is 11.8 Å². The molecule has 23 heavy (non-hydrogen) atoms. The lowest BCUT2D eigenvalue weighted by Gasteiger charge is -2.40. The Morgan fingerprint density at radius 2 is 2.04 bits per heavy atom. The standard InChI is InChI=1S/C18H23FN2O2/c1-2-17(23)21-7-5-18(6-8-21)11-12(9-16(20)22)14-4-3-13(19)10-15(14)18/h3-4,10,12H,2,5-9,11H2,1H3,(H2,20,22)/t12-/m1/s1. The van der Waals surface area contributed by atoms with Gasteiger partial charge in [0, 0.05) is 25.9 Å². The molecule has 1 aromatic rings. The van der Waals surface area contributed by atoms with Crippen molar-refractivity contribution >= 4 is 11.8 Å². The molecule has 5 heteroatoms. The Hall–Kier alpha value is -1.91. The second-order valence-corrected chi connectivity index (χ2v) is 6.82. The minimum atomic E-state index is -0.319. The van der Waals surface area contributed by atoms with Crippen molar-refractivity contribution in [3.05, 3.63) is 35.1 Å². The lowest BCUT2D eigenvalue weighted by Crippen LogP contribution is -2.44. The van der Waals surface area contributed by atoms with Crippen molar-refractivity contribution in [1.29, 1.82) is 0 Å². The third-order valence-corrected chi connectivity index (χ3v) is 5.49. The summed E-state index contributed by atoms with van der Waals surface area (Å²) in [4.78, 5) is 25.2. The molecule has 0 radical (unpaired) electrons. The van der Waals surface area contributed by atoms with Gasteiger partial charge in [-0.3, -0.25) is 9.59 Å². The highest BCUT2D eigenvalue weighted by Crippen LogP contribution is 2.52. The maximum Gasteiger partial charge on any atom is 0.222 e. The Morgan fingerprint density at radius 3 is 2.65 bits per heavy atom. The second kappa shape index (κ2) is 5.95. The highest BCUT2D eigenvalue weighted by molar-refractivity contribution is 5.76. The van der Waals surface area contributed by atoms with Gasteiger partial charge in [0.1, 0.15) is 5.82 Å². The van der Waals surface area contributed by atoms with Gasteiger partial charge in [0.2, 0.25) is 11.8 Å². The van der Waals surface area contributed by atoms with Gasteiger partial charge < -0.3 is 10.6 Å². The van der Waals surface area contributed by atoms with Gasteiger partial charge in [-0.1, -0.05) is 13.0 Å². The lowest BCUT2D eigenvalue weighted by atomic mass is 9.73. The van der Waals surface area contributed by atoms with Crippen LogP contribution in [0.5, 0.6) is 0 Å². The summed E-state index contributed by atoms with van der Waals surface area (Å²) in [6, 6.07) is 4.88. The first-order valence-corrected chi connectivity index (χ1v) is 8.31. The summed E-state index contributed by atoms with van der Waals surface area (Å²) >= 11 is 0. The number of fused-ring (bicyclic) bond motifs is 2. The number of amides is 2. The van der Waals surface area contributed by atoms with Gasteiger partial charge in [0.05, 0.1) is 0 Å². The van der Waals surface area contributed by atoms with E-state index in [1.165, 1.54) is 6.07 Å². The largest absolute Gasteiger partial charge is 0.370 e. The molecule has 2 amide bonds. The maximum atomic E-state index is 13.8. The van der Waals surface area contributed by atoms with Crippen molar-refractivity contribution < 1.29 is 14.0 Å². The Kier molecular flexibility index (Phi) is 4.13. The van der Waals surface area contributed by atoms with Gasteiger partial charge >= 0.3 is 0 Å². The number of piperidine rings is 1. The van der Waals surface area contributed by atoms with Crippen LogP contribution in [-0.2, 0) is 15.0 Å². The Labute approximate surface area is 135 Å². The molecule has 0 unspecified atom stereocenters. The van der Waals surface area contributed by atoms with Gasteiger partial charge in [-0.15, -0.1) is 0 Å². The van der Waals surface area contributed by atoms with Gasteiger partial charge in [-0.25, -0.2) is 4.39 Å². The van der Waals surface area contributed by atoms with E-state index in [9.17, 15) is 14.0 Å². The summed E-state index contributed by atoms with van der Waals surface area (Å²) in [7, 11) is 0. The van der Waals surface area contributed by atoms with Crippen molar-refractivity contribution in [3.63, 3.8) is 0 Å². The average molecular weight is 318 g/mol. The summed E-state index contributed by atoms with van der Waals surface area (Å²) in [5.74, 6) is -0.321. The predicted molar refractivity (Wildman–Crippen MR) is 85.4 cm³/mol. The van der Waals surface area contributed by atoms with Crippen molar-refractivity contribution in [1.82, 2.24) is 4.90 Å². The molecular formula is C18H23FN2O2. The number of carbonyl (C=O) groups excluding carboxylic acids is 2. The number of nitrogens with zero attached hydrogens (tertiary/aromatic N) is 1. The molecule has 1 aliphatic heterocycles. The SMILES string of the molecule is CCC(=O)N1CCC2(CC1)C[C@@H](CC(N)=O)c1ccc(F)cc12.